The van der Waals surface area contributed by atoms with Gasteiger partial charge in [0, 0.05) is 27.2 Å². The summed E-state index contributed by atoms with van der Waals surface area (Å²) in [6.07, 6.45) is 1.09. The van der Waals surface area contributed by atoms with Gasteiger partial charge >= 0.3 is 11.9 Å². The Hall–Kier alpha value is -1.84. The van der Waals surface area contributed by atoms with E-state index in [0.29, 0.717) is 12.8 Å². The monoisotopic (exact) mass is 250 g/mol. The van der Waals surface area contributed by atoms with Crippen LogP contribution in [0.1, 0.15) is 32.8 Å². The Balaban J connectivity index is 2.66. The number of carbonyl (C=O) groups is 2. The molecule has 0 spiro atoms. The van der Waals surface area contributed by atoms with Crippen molar-refractivity contribution in [1.29, 1.82) is 0 Å². The number of benzene rings is 1. The van der Waals surface area contributed by atoms with Crippen LogP contribution in [0.4, 0.5) is 0 Å². The molecule has 4 nitrogen and oxygen atoms in total. The van der Waals surface area contributed by atoms with Crippen LogP contribution in [0.3, 0.4) is 0 Å². The van der Waals surface area contributed by atoms with E-state index in [4.69, 9.17) is 9.47 Å². The average Bonchev–Trinajstić information content (AvgIpc) is 2.26. The van der Waals surface area contributed by atoms with E-state index >= 15 is 0 Å². The Morgan fingerprint density at radius 3 is 2.00 bits per heavy atom. The minimum absolute atomic E-state index is 0.427. The minimum Gasteiger partial charge on any atom is -0.423 e. The van der Waals surface area contributed by atoms with Crippen LogP contribution in [-0.2, 0) is 25.5 Å². The number of rotatable bonds is 5. The molecule has 0 fully saturated rings. The van der Waals surface area contributed by atoms with Crippen LogP contribution in [0.25, 0.3) is 0 Å². The highest BCUT2D eigenvalue weighted by Crippen LogP contribution is 2.21. The van der Waals surface area contributed by atoms with Crippen molar-refractivity contribution in [2.24, 2.45) is 0 Å². The predicted octanol–water partition coefficient (Wildman–Crippen LogP) is 2.46. The van der Waals surface area contributed by atoms with Gasteiger partial charge in [0.25, 0.3) is 5.79 Å². The molecule has 0 aliphatic heterocycles. The number of carbonyl (C=O) groups excluding carboxylic acids is 2. The van der Waals surface area contributed by atoms with Crippen molar-refractivity contribution in [1.82, 2.24) is 0 Å². The van der Waals surface area contributed by atoms with Crippen LogP contribution in [-0.4, -0.2) is 17.7 Å². The van der Waals surface area contributed by atoms with Gasteiger partial charge in [-0.2, -0.15) is 0 Å². The van der Waals surface area contributed by atoms with Gasteiger partial charge in [-0.25, -0.2) is 0 Å². The molecular formula is C14H18O4. The molecule has 1 aromatic rings. The third kappa shape index (κ3) is 4.99. The molecule has 0 bridgehead atoms. The van der Waals surface area contributed by atoms with Crippen LogP contribution in [0.15, 0.2) is 30.3 Å². The van der Waals surface area contributed by atoms with Crippen LogP contribution in [0.2, 0.25) is 0 Å². The second-order valence-corrected chi connectivity index (χ2v) is 4.31. The van der Waals surface area contributed by atoms with Crippen molar-refractivity contribution in [2.45, 2.75) is 39.4 Å². The van der Waals surface area contributed by atoms with Gasteiger partial charge in [-0.05, 0) is 12.0 Å². The quantitative estimate of drug-likeness (QED) is 0.595. The van der Waals surface area contributed by atoms with Gasteiger partial charge in [0.05, 0.1) is 0 Å². The molecule has 98 valence electrons. The van der Waals surface area contributed by atoms with Gasteiger partial charge in [-0.3, -0.25) is 9.59 Å². The molecule has 0 aliphatic rings. The normalized spacial score (nSPS) is 10.8. The molecule has 0 aromatic heterocycles. The van der Waals surface area contributed by atoms with Crippen molar-refractivity contribution >= 4 is 11.9 Å². The van der Waals surface area contributed by atoms with Crippen LogP contribution in [0.5, 0.6) is 0 Å². The zero-order valence-electron chi connectivity index (χ0n) is 10.9. The topological polar surface area (TPSA) is 52.6 Å². The number of esters is 2. The molecule has 0 saturated heterocycles. The largest absolute Gasteiger partial charge is 0.423 e. The first kappa shape index (κ1) is 14.2. The molecule has 0 saturated carbocycles. The van der Waals surface area contributed by atoms with Crippen molar-refractivity contribution in [2.75, 3.05) is 0 Å². The van der Waals surface area contributed by atoms with Crippen LogP contribution < -0.4 is 0 Å². The fourth-order valence-electron chi connectivity index (χ4n) is 1.75. The fraction of sp³-hybridized carbons (Fsp3) is 0.429. The summed E-state index contributed by atoms with van der Waals surface area (Å²) in [6, 6.07) is 9.75. The Bertz CT molecular complexity index is 395. The Labute approximate surface area is 107 Å². The van der Waals surface area contributed by atoms with Gasteiger partial charge in [0.1, 0.15) is 0 Å². The first-order chi connectivity index (χ1) is 8.41. The SMILES string of the molecule is CC(=O)OC(C)(CCc1ccccc1)OC(C)=O. The lowest BCUT2D eigenvalue weighted by Gasteiger charge is -2.28. The minimum atomic E-state index is -1.20. The molecule has 0 radical (unpaired) electrons. The highest BCUT2D eigenvalue weighted by molar-refractivity contribution is 5.68. The maximum atomic E-state index is 11.0. The summed E-state index contributed by atoms with van der Waals surface area (Å²) in [6.45, 7) is 4.19. The summed E-state index contributed by atoms with van der Waals surface area (Å²) in [7, 11) is 0. The molecule has 0 heterocycles. The van der Waals surface area contributed by atoms with Gasteiger partial charge < -0.3 is 9.47 Å². The molecular weight excluding hydrogens is 232 g/mol. The summed E-state index contributed by atoms with van der Waals surface area (Å²) >= 11 is 0. The lowest BCUT2D eigenvalue weighted by molar-refractivity contribution is -0.221. The summed E-state index contributed by atoms with van der Waals surface area (Å²) in [4.78, 5) is 22.1. The summed E-state index contributed by atoms with van der Waals surface area (Å²) in [5, 5.41) is 0. The number of aryl methyl sites for hydroxylation is 1. The van der Waals surface area contributed by atoms with E-state index in [1.165, 1.54) is 13.8 Å². The lowest BCUT2D eigenvalue weighted by atomic mass is 10.1. The first-order valence-corrected chi connectivity index (χ1v) is 5.84. The van der Waals surface area contributed by atoms with E-state index in [9.17, 15) is 9.59 Å². The number of ether oxygens (including phenoxy) is 2. The van der Waals surface area contributed by atoms with Crippen LogP contribution >= 0.6 is 0 Å². The molecule has 0 amide bonds. The number of hydrogen-bond acceptors (Lipinski definition) is 4. The van der Waals surface area contributed by atoms with E-state index < -0.39 is 17.7 Å². The Morgan fingerprint density at radius 1 is 1.06 bits per heavy atom. The smallest absolute Gasteiger partial charge is 0.305 e. The van der Waals surface area contributed by atoms with Gasteiger partial charge in [-0.1, -0.05) is 30.3 Å². The maximum Gasteiger partial charge on any atom is 0.305 e. The highest BCUT2D eigenvalue weighted by Gasteiger charge is 2.30. The summed E-state index contributed by atoms with van der Waals surface area (Å²) in [5.74, 6) is -2.13. The van der Waals surface area contributed by atoms with Crippen molar-refractivity contribution in [3.63, 3.8) is 0 Å². The van der Waals surface area contributed by atoms with Gasteiger partial charge in [-0.15, -0.1) is 0 Å². The zero-order chi connectivity index (χ0) is 13.6. The second kappa shape index (κ2) is 6.19. The molecule has 0 N–H and O–H groups in total. The van der Waals surface area contributed by atoms with E-state index in [1.54, 1.807) is 6.92 Å². The third-order valence-corrected chi connectivity index (χ3v) is 2.43. The Morgan fingerprint density at radius 2 is 1.56 bits per heavy atom. The van der Waals surface area contributed by atoms with E-state index in [1.807, 2.05) is 30.3 Å². The molecule has 1 rings (SSSR count). The average molecular weight is 250 g/mol. The molecule has 0 atom stereocenters. The molecule has 0 unspecified atom stereocenters. The molecule has 18 heavy (non-hydrogen) atoms. The van der Waals surface area contributed by atoms with Crippen molar-refractivity contribution in [3.05, 3.63) is 35.9 Å². The molecule has 4 heteroatoms. The summed E-state index contributed by atoms with van der Waals surface area (Å²) in [5.41, 5.74) is 1.10. The Kier molecular flexibility index (Phi) is 4.89. The van der Waals surface area contributed by atoms with E-state index in [0.717, 1.165) is 5.56 Å². The van der Waals surface area contributed by atoms with Crippen molar-refractivity contribution in [3.8, 4) is 0 Å². The second-order valence-electron chi connectivity index (χ2n) is 4.31. The third-order valence-electron chi connectivity index (χ3n) is 2.43. The van der Waals surface area contributed by atoms with E-state index in [2.05, 4.69) is 0 Å². The summed E-state index contributed by atoms with van der Waals surface area (Å²) < 4.78 is 10.2. The molecule has 1 aromatic carbocycles. The molecule has 0 aliphatic carbocycles. The van der Waals surface area contributed by atoms with Gasteiger partial charge in [0.2, 0.25) is 0 Å². The van der Waals surface area contributed by atoms with Crippen LogP contribution in [0, 0.1) is 0 Å². The fourth-order valence-corrected chi connectivity index (χ4v) is 1.75. The predicted molar refractivity (Wildman–Crippen MR) is 66.7 cm³/mol. The van der Waals surface area contributed by atoms with Crippen molar-refractivity contribution < 1.29 is 19.1 Å². The first-order valence-electron chi connectivity index (χ1n) is 5.84. The zero-order valence-corrected chi connectivity index (χ0v) is 10.9. The van der Waals surface area contributed by atoms with Gasteiger partial charge in [0.15, 0.2) is 0 Å². The number of hydrogen-bond donors (Lipinski definition) is 0. The lowest BCUT2D eigenvalue weighted by Crippen LogP contribution is -2.36. The standard InChI is InChI=1S/C14H18O4/c1-11(15)17-14(3,18-12(2)16)10-9-13-7-5-4-6-8-13/h4-8H,9-10H2,1-3H3. The van der Waals surface area contributed by atoms with E-state index in [-0.39, 0.29) is 0 Å². The highest BCUT2D eigenvalue weighted by atomic mass is 16.7. The maximum absolute atomic E-state index is 11.0.